The number of nitrogens with zero attached hydrogens (tertiary/aromatic N) is 4. The fourth-order valence-electron chi connectivity index (χ4n) is 5.42. The molecule has 4 rings (SSSR count). The smallest absolute Gasteiger partial charge is 0.393 e. The number of hydrogen-bond donors (Lipinski definition) is 0. The lowest BCUT2D eigenvalue weighted by Gasteiger charge is -2.33. The molecular weight excluding hydrogens is 369 g/mol. The standard InChI is InChI=1S/C22H29BF2N4/c1-8-18-13(4)21-20(17-11-26-27(10-3)12-17)22-14(5)19(9-2)16(7)29(22)23(24,25)28(21)15(18)6/h11-12H,8-10H2,1-7H3. The summed E-state index contributed by atoms with van der Waals surface area (Å²) in [4.78, 5) is 0. The van der Waals surface area contributed by atoms with Crippen molar-refractivity contribution < 1.29 is 13.1 Å². The number of rotatable bonds is 4. The van der Waals surface area contributed by atoms with E-state index in [0.29, 0.717) is 22.8 Å². The van der Waals surface area contributed by atoms with Gasteiger partial charge in [0.15, 0.2) is 5.70 Å². The summed E-state index contributed by atoms with van der Waals surface area (Å²) in [5.74, 6) is 0. The van der Waals surface area contributed by atoms with Crippen molar-refractivity contribution in [3.8, 4) is 0 Å². The summed E-state index contributed by atoms with van der Waals surface area (Å²) < 4.78 is 36.6. The van der Waals surface area contributed by atoms with Crippen molar-refractivity contribution in [3.05, 3.63) is 57.3 Å². The molecule has 0 bridgehead atoms. The van der Waals surface area contributed by atoms with E-state index < -0.39 is 6.97 Å². The highest BCUT2D eigenvalue weighted by atomic mass is 19.2. The maximum absolute atomic E-state index is 16.1. The first-order chi connectivity index (χ1) is 13.7. The maximum Gasteiger partial charge on any atom is 0.737 e. The second kappa shape index (κ2) is 6.54. The Morgan fingerprint density at radius 2 is 1.76 bits per heavy atom. The monoisotopic (exact) mass is 398 g/mol. The van der Waals surface area contributed by atoms with E-state index in [1.807, 2.05) is 65.5 Å². The fourth-order valence-corrected chi connectivity index (χ4v) is 5.42. The molecule has 7 heteroatoms. The molecule has 0 radical (unpaired) electrons. The van der Waals surface area contributed by atoms with Gasteiger partial charge < -0.3 is 17.6 Å². The molecule has 2 aliphatic heterocycles. The largest absolute Gasteiger partial charge is 0.737 e. The van der Waals surface area contributed by atoms with Crippen molar-refractivity contribution in [2.24, 2.45) is 0 Å². The van der Waals surface area contributed by atoms with Crippen LogP contribution in [0.4, 0.5) is 8.63 Å². The van der Waals surface area contributed by atoms with Gasteiger partial charge in [-0.15, -0.1) is 0 Å². The molecule has 0 aromatic carbocycles. The molecule has 0 aliphatic carbocycles. The van der Waals surface area contributed by atoms with Gasteiger partial charge in [0.25, 0.3) is 0 Å². The van der Waals surface area contributed by atoms with Crippen LogP contribution >= 0.6 is 0 Å². The molecule has 4 nitrogen and oxygen atoms in total. The third kappa shape index (κ3) is 2.42. The summed E-state index contributed by atoms with van der Waals surface area (Å²) in [6, 6.07) is 0. The van der Waals surface area contributed by atoms with Crippen LogP contribution in [0.2, 0.25) is 0 Å². The molecule has 4 heterocycles. The Morgan fingerprint density at radius 1 is 1.07 bits per heavy atom. The van der Waals surface area contributed by atoms with Crippen molar-refractivity contribution >= 4 is 18.3 Å². The molecule has 0 N–H and O–H groups in total. The average molecular weight is 398 g/mol. The van der Waals surface area contributed by atoms with Crippen LogP contribution in [0.5, 0.6) is 0 Å². The summed E-state index contributed by atoms with van der Waals surface area (Å²) in [6.07, 6.45) is 5.25. The molecule has 0 spiro atoms. The van der Waals surface area contributed by atoms with Crippen LogP contribution in [0.15, 0.2) is 29.2 Å². The Morgan fingerprint density at radius 3 is 2.31 bits per heavy atom. The first-order valence-corrected chi connectivity index (χ1v) is 10.5. The first-order valence-electron chi connectivity index (χ1n) is 10.5. The summed E-state index contributed by atoms with van der Waals surface area (Å²) in [7, 11) is 0. The topological polar surface area (TPSA) is 25.8 Å². The number of halogens is 2. The van der Waals surface area contributed by atoms with Crippen LogP contribution in [0, 0.1) is 13.8 Å². The Balaban J connectivity index is 2.20. The van der Waals surface area contributed by atoms with Crippen LogP contribution in [0.1, 0.15) is 69.1 Å². The number of fused-ring (bicyclic) bond motifs is 2. The van der Waals surface area contributed by atoms with Crippen LogP contribution in [0.3, 0.4) is 0 Å². The third-order valence-electron chi connectivity index (χ3n) is 6.74. The fraction of sp³-hybridized carbons (Fsp3) is 0.455. The van der Waals surface area contributed by atoms with Crippen LogP contribution in [0.25, 0.3) is 5.57 Å². The van der Waals surface area contributed by atoms with Crippen molar-refractivity contribution in [3.63, 3.8) is 0 Å². The molecule has 2 aromatic rings. The number of allylic oxidation sites excluding steroid dienone is 2. The van der Waals surface area contributed by atoms with E-state index >= 15 is 8.63 Å². The molecule has 0 saturated heterocycles. The number of hydrogen-bond acceptors (Lipinski definition) is 1. The molecule has 2 aliphatic rings. The van der Waals surface area contributed by atoms with Crippen molar-refractivity contribution in [1.29, 1.82) is 0 Å². The molecule has 29 heavy (non-hydrogen) atoms. The predicted octanol–water partition coefficient (Wildman–Crippen LogP) is 5.09. The van der Waals surface area contributed by atoms with Crippen molar-refractivity contribution in [1.82, 2.24) is 14.3 Å². The molecule has 0 fully saturated rings. The first kappa shape index (κ1) is 19.9. The van der Waals surface area contributed by atoms with Gasteiger partial charge in [-0.1, -0.05) is 13.8 Å². The van der Waals surface area contributed by atoms with Crippen LogP contribution in [-0.4, -0.2) is 31.4 Å². The normalized spacial score (nSPS) is 18.1. The van der Waals surface area contributed by atoms with E-state index in [9.17, 15) is 0 Å². The van der Waals surface area contributed by atoms with Crippen LogP contribution in [-0.2, 0) is 13.0 Å². The minimum Gasteiger partial charge on any atom is -0.393 e. The zero-order valence-corrected chi connectivity index (χ0v) is 18.4. The SMILES string of the molecule is CCC1=C(C)C2=C(c3cnn(CC)c3)c3c(C)c(CC)c(C)n3[B-](F)(F)[N+]2=C1C. The zero-order chi connectivity index (χ0) is 21.2. The van der Waals surface area contributed by atoms with E-state index in [1.54, 1.807) is 0 Å². The summed E-state index contributed by atoms with van der Waals surface area (Å²) in [5, 5.41) is 4.45. The lowest BCUT2D eigenvalue weighted by atomic mass is 9.84. The number of aromatic nitrogens is 3. The lowest BCUT2D eigenvalue weighted by Crippen LogP contribution is -2.51. The average Bonchev–Trinajstić information content (AvgIpc) is 3.31. The molecular formula is C22H29BF2N4. The van der Waals surface area contributed by atoms with E-state index in [4.69, 9.17) is 0 Å². The third-order valence-corrected chi connectivity index (χ3v) is 6.74. The lowest BCUT2D eigenvalue weighted by molar-refractivity contribution is -0.363. The van der Waals surface area contributed by atoms with Crippen molar-refractivity contribution in [2.75, 3.05) is 0 Å². The van der Waals surface area contributed by atoms with Gasteiger partial charge >= 0.3 is 6.97 Å². The summed E-state index contributed by atoms with van der Waals surface area (Å²) in [5.41, 5.74) is 8.33. The van der Waals surface area contributed by atoms with E-state index in [0.717, 1.165) is 52.8 Å². The zero-order valence-electron chi connectivity index (χ0n) is 18.4. The van der Waals surface area contributed by atoms with Gasteiger partial charge in [-0.2, -0.15) is 5.10 Å². The van der Waals surface area contributed by atoms with E-state index in [2.05, 4.69) is 5.10 Å². The maximum atomic E-state index is 16.1. The van der Waals surface area contributed by atoms with E-state index in [-0.39, 0.29) is 0 Å². The molecule has 0 atom stereocenters. The Bertz CT molecular complexity index is 1130. The van der Waals surface area contributed by atoms with Gasteiger partial charge in [0.1, 0.15) is 5.71 Å². The van der Waals surface area contributed by atoms with Gasteiger partial charge in [-0.05, 0) is 57.4 Å². The van der Waals surface area contributed by atoms with Gasteiger partial charge in [0.05, 0.1) is 11.8 Å². The quantitative estimate of drug-likeness (QED) is 0.659. The van der Waals surface area contributed by atoms with Crippen LogP contribution < -0.4 is 0 Å². The minimum atomic E-state index is -3.97. The second-order valence-electron chi connectivity index (χ2n) is 8.07. The predicted molar refractivity (Wildman–Crippen MR) is 115 cm³/mol. The van der Waals surface area contributed by atoms with Gasteiger partial charge in [0, 0.05) is 42.1 Å². The van der Waals surface area contributed by atoms with E-state index in [1.165, 1.54) is 8.96 Å². The highest BCUT2D eigenvalue weighted by molar-refractivity contribution is 6.58. The minimum absolute atomic E-state index is 0.649. The Hall–Kier alpha value is -2.44. The molecule has 0 unspecified atom stereocenters. The van der Waals surface area contributed by atoms with Gasteiger partial charge in [-0.25, -0.2) is 0 Å². The highest BCUT2D eigenvalue weighted by Crippen LogP contribution is 2.46. The summed E-state index contributed by atoms with van der Waals surface area (Å²) >= 11 is 0. The molecule has 0 amide bonds. The number of aryl methyl sites for hydroxylation is 1. The highest BCUT2D eigenvalue weighted by Gasteiger charge is 2.56. The van der Waals surface area contributed by atoms with Crippen molar-refractivity contribution in [2.45, 2.75) is 67.9 Å². The Kier molecular flexibility index (Phi) is 4.48. The Labute approximate surface area is 171 Å². The molecule has 0 saturated carbocycles. The summed E-state index contributed by atoms with van der Waals surface area (Å²) in [6.45, 7) is 10.5. The molecule has 2 aromatic heterocycles. The second-order valence-corrected chi connectivity index (χ2v) is 8.07. The van der Waals surface area contributed by atoms with Gasteiger partial charge in [0.2, 0.25) is 0 Å². The molecule has 154 valence electrons. The van der Waals surface area contributed by atoms with Gasteiger partial charge in [-0.3, -0.25) is 4.68 Å².